The fraction of sp³-hybridized carbons (Fsp3) is 0.511. The van der Waals surface area contributed by atoms with Crippen molar-refractivity contribution in [3.63, 3.8) is 0 Å². The zero-order chi connectivity index (χ0) is 34.9. The van der Waals surface area contributed by atoms with E-state index in [0.717, 1.165) is 24.1 Å². The van der Waals surface area contributed by atoms with E-state index in [1.807, 2.05) is 0 Å². The Morgan fingerprint density at radius 2 is 1.37 bits per heavy atom. The van der Waals surface area contributed by atoms with E-state index in [2.05, 4.69) is 149 Å². The Morgan fingerprint density at radius 3 is 1.76 bits per heavy atom. The number of hydrogen-bond donors (Lipinski definition) is 1. The van der Waals surface area contributed by atoms with E-state index >= 15 is 0 Å². The summed E-state index contributed by atoms with van der Waals surface area (Å²) in [5.74, 6) is 0.599. The summed E-state index contributed by atoms with van der Waals surface area (Å²) in [5, 5.41) is 3.63. The van der Waals surface area contributed by atoms with Crippen molar-refractivity contribution in [1.82, 2.24) is 0 Å². The summed E-state index contributed by atoms with van der Waals surface area (Å²) < 4.78 is 0. The average Bonchev–Trinajstić information content (AvgIpc) is 3.48. The monoisotopic (exact) mass is 626 g/mol. The van der Waals surface area contributed by atoms with Gasteiger partial charge in [0.25, 0.3) is 0 Å². The van der Waals surface area contributed by atoms with Gasteiger partial charge in [-0.15, -0.1) is 6.58 Å². The third kappa shape index (κ3) is 18.2. The van der Waals surface area contributed by atoms with Crippen molar-refractivity contribution in [2.75, 3.05) is 5.32 Å². The lowest BCUT2D eigenvalue weighted by Crippen LogP contribution is -2.07. The molecular weight excluding hydrogens is 555 g/mol. The van der Waals surface area contributed by atoms with Crippen molar-refractivity contribution in [3.8, 4) is 0 Å². The molecule has 1 heteroatoms. The summed E-state index contributed by atoms with van der Waals surface area (Å²) >= 11 is 0. The number of unbranched alkanes of at least 4 members (excludes halogenated alkanes) is 3. The highest BCUT2D eigenvalue weighted by Crippen LogP contribution is 2.35. The quantitative estimate of drug-likeness (QED) is 0.194. The topological polar surface area (TPSA) is 12.0 Å². The maximum atomic E-state index is 4.30. The van der Waals surface area contributed by atoms with Gasteiger partial charge in [-0.3, -0.25) is 0 Å². The van der Waals surface area contributed by atoms with Crippen LogP contribution in [-0.4, -0.2) is 0 Å². The second-order valence-corrected chi connectivity index (χ2v) is 13.0. The van der Waals surface area contributed by atoms with Gasteiger partial charge in [0.1, 0.15) is 0 Å². The van der Waals surface area contributed by atoms with Crippen molar-refractivity contribution in [3.05, 3.63) is 119 Å². The fourth-order valence-corrected chi connectivity index (χ4v) is 5.39. The van der Waals surface area contributed by atoms with Gasteiger partial charge in [0.05, 0.1) is 0 Å². The van der Waals surface area contributed by atoms with E-state index in [0.29, 0.717) is 5.92 Å². The van der Waals surface area contributed by atoms with Crippen molar-refractivity contribution in [2.24, 2.45) is 0 Å². The molecule has 3 rings (SSSR count). The Hall–Kier alpha value is -3.06. The van der Waals surface area contributed by atoms with Crippen molar-refractivity contribution in [1.29, 1.82) is 0 Å². The Morgan fingerprint density at radius 1 is 0.761 bits per heavy atom. The fourth-order valence-electron chi connectivity index (χ4n) is 5.39. The summed E-state index contributed by atoms with van der Waals surface area (Å²) in [6.07, 6.45) is 19.2. The molecule has 0 heterocycles. The number of allylic oxidation sites excluding steroid dienone is 6. The molecule has 0 bridgehead atoms. The molecule has 1 aliphatic carbocycles. The normalized spacial score (nSPS) is 11.5. The van der Waals surface area contributed by atoms with Crippen molar-refractivity contribution < 1.29 is 0 Å². The summed E-state index contributed by atoms with van der Waals surface area (Å²) in [6, 6.07) is 15.2. The van der Waals surface area contributed by atoms with Gasteiger partial charge >= 0.3 is 0 Å². The lowest BCUT2D eigenvalue weighted by atomic mass is 9.88. The lowest BCUT2D eigenvalue weighted by molar-refractivity contribution is 0.562. The van der Waals surface area contributed by atoms with Crippen LogP contribution in [0.2, 0.25) is 0 Å². The van der Waals surface area contributed by atoms with Crippen LogP contribution in [0.4, 0.5) is 5.69 Å². The van der Waals surface area contributed by atoms with E-state index in [1.54, 1.807) is 0 Å². The van der Waals surface area contributed by atoms with Crippen LogP contribution < -0.4 is 5.32 Å². The Balaban J connectivity index is 0.000000780. The number of aryl methyl sites for hydroxylation is 2. The lowest BCUT2D eigenvalue weighted by Gasteiger charge is -2.23. The number of anilines is 1. The highest BCUT2D eigenvalue weighted by molar-refractivity contribution is 5.70. The first kappa shape index (κ1) is 42.9. The molecule has 1 nitrogen and oxygen atoms in total. The van der Waals surface area contributed by atoms with Gasteiger partial charge in [0.2, 0.25) is 0 Å². The molecule has 0 aliphatic heterocycles. The zero-order valence-electron chi connectivity index (χ0n) is 31.9. The molecule has 1 aliphatic rings. The number of hydrogen-bond acceptors (Lipinski definition) is 1. The molecule has 0 saturated heterocycles. The van der Waals surface area contributed by atoms with Gasteiger partial charge < -0.3 is 5.32 Å². The molecule has 0 saturated carbocycles. The van der Waals surface area contributed by atoms with Gasteiger partial charge in [0, 0.05) is 11.4 Å². The van der Waals surface area contributed by atoms with Crippen LogP contribution in [0.25, 0.3) is 5.57 Å². The molecule has 1 N–H and O–H groups in total. The van der Waals surface area contributed by atoms with Crippen molar-refractivity contribution in [2.45, 2.75) is 152 Å². The summed E-state index contributed by atoms with van der Waals surface area (Å²) in [6.45, 7) is 34.0. The maximum Gasteiger partial charge on any atom is 0.0425 e. The van der Waals surface area contributed by atoms with Gasteiger partial charge in [-0.25, -0.2) is 0 Å². The van der Waals surface area contributed by atoms with Crippen LogP contribution in [0, 0.1) is 6.92 Å². The molecular formula is C45H71N. The number of benzene rings is 2. The molecule has 2 aromatic rings. The molecule has 0 atom stereocenters. The highest BCUT2D eigenvalue weighted by atomic mass is 14.9. The third-order valence-electron chi connectivity index (χ3n) is 8.28. The van der Waals surface area contributed by atoms with Crippen LogP contribution >= 0.6 is 0 Å². The first-order chi connectivity index (χ1) is 22.0. The first-order valence-electron chi connectivity index (χ1n) is 18.3. The van der Waals surface area contributed by atoms with Crippen LogP contribution in [0.3, 0.4) is 0 Å². The molecule has 0 amide bonds. The van der Waals surface area contributed by atoms with E-state index in [1.165, 1.54) is 109 Å². The predicted octanol–water partition coefficient (Wildman–Crippen LogP) is 15.1. The number of rotatable bonds is 15. The van der Waals surface area contributed by atoms with Gasteiger partial charge in [-0.2, -0.15) is 0 Å². The molecule has 0 aromatic heterocycles. The summed E-state index contributed by atoms with van der Waals surface area (Å²) in [4.78, 5) is 0. The molecule has 0 spiro atoms. The van der Waals surface area contributed by atoms with Crippen molar-refractivity contribution >= 4 is 11.3 Å². The van der Waals surface area contributed by atoms with Gasteiger partial charge in [-0.1, -0.05) is 158 Å². The standard InChI is InChI=1S/C24H33N.C9H12.C7H14.C5H12/c1-7-9-20(10-8-2)23-14-13-21(17(3)4)16-24(23)25-19(6)22-12-11-18(5)15-22;1-3-9-7-5-4-6-8(9)2;1-4-5-6-7(2)3;1-3-5-4-2/h11-14,16,20,25H,3,6-10,15H2,1-2,4-5H3;4-7H,3H2,1-2H3;2,4-6H2,1,3H3;3-5H2,1-2H3. The van der Waals surface area contributed by atoms with E-state index < -0.39 is 0 Å². The predicted molar refractivity (Wildman–Crippen MR) is 213 cm³/mol. The SMILES string of the molecule is C=C(C)CCCC.C=C(Nc1cc(C(=C)C)ccc1C(CCC)CCC)C1=CC=C(C)C1.CCCCC.CCc1ccccc1C. The maximum absolute atomic E-state index is 4.30. The third-order valence-corrected chi connectivity index (χ3v) is 8.28. The minimum absolute atomic E-state index is 0.599. The van der Waals surface area contributed by atoms with Gasteiger partial charge in [-0.05, 0) is 106 Å². The number of nitrogens with one attached hydrogen (secondary N) is 1. The summed E-state index contributed by atoms with van der Waals surface area (Å²) in [7, 11) is 0. The van der Waals surface area contributed by atoms with E-state index in [9.17, 15) is 0 Å². The Kier molecular flexibility index (Phi) is 24.3. The molecule has 0 fully saturated rings. The minimum atomic E-state index is 0.599. The highest BCUT2D eigenvalue weighted by Gasteiger charge is 2.17. The second-order valence-electron chi connectivity index (χ2n) is 13.0. The smallest absolute Gasteiger partial charge is 0.0425 e. The van der Waals surface area contributed by atoms with Crippen LogP contribution in [-0.2, 0) is 6.42 Å². The minimum Gasteiger partial charge on any atom is -0.356 e. The van der Waals surface area contributed by atoms with Crippen LogP contribution in [0.15, 0.2) is 96.8 Å². The molecule has 2 aromatic carbocycles. The van der Waals surface area contributed by atoms with Crippen LogP contribution in [0.1, 0.15) is 161 Å². The van der Waals surface area contributed by atoms with Crippen LogP contribution in [0.5, 0.6) is 0 Å². The molecule has 0 radical (unpaired) electrons. The molecule has 46 heavy (non-hydrogen) atoms. The summed E-state index contributed by atoms with van der Waals surface area (Å²) in [5.41, 5.74) is 12.8. The van der Waals surface area contributed by atoms with Gasteiger partial charge in [0.15, 0.2) is 0 Å². The van der Waals surface area contributed by atoms with E-state index in [-0.39, 0.29) is 0 Å². The zero-order valence-corrected chi connectivity index (χ0v) is 31.9. The molecule has 0 unspecified atom stereocenters. The average molecular weight is 626 g/mol. The first-order valence-corrected chi connectivity index (χ1v) is 18.3. The Labute approximate surface area is 287 Å². The Bertz CT molecular complexity index is 1210. The largest absolute Gasteiger partial charge is 0.356 e. The second kappa shape index (κ2) is 26.1. The van der Waals surface area contributed by atoms with E-state index in [4.69, 9.17) is 0 Å². The molecule has 256 valence electrons.